The fourth-order valence-corrected chi connectivity index (χ4v) is 5.46. The molecule has 3 aromatic heterocycles. The molecule has 0 aliphatic heterocycles. The van der Waals surface area contributed by atoms with Crippen molar-refractivity contribution in [2.75, 3.05) is 6.79 Å². The second-order valence-corrected chi connectivity index (χ2v) is 13.4. The Labute approximate surface area is 312 Å². The average molecular weight is 756 g/mol. The van der Waals surface area contributed by atoms with Crippen LogP contribution in [0.25, 0.3) is 12.2 Å². The molecule has 2 aromatic carbocycles. The zero-order valence-corrected chi connectivity index (χ0v) is 30.1. The van der Waals surface area contributed by atoms with Crippen LogP contribution in [0.15, 0.2) is 65.8 Å². The first-order valence-corrected chi connectivity index (χ1v) is 17.1. The van der Waals surface area contributed by atoms with Crippen LogP contribution in [-0.4, -0.2) is 75.6 Å². The summed E-state index contributed by atoms with van der Waals surface area (Å²) in [6, 6.07) is 10.4. The van der Waals surface area contributed by atoms with E-state index in [-0.39, 0.29) is 59.9 Å². The molecule has 0 saturated heterocycles. The Morgan fingerprint density at radius 1 is 1.02 bits per heavy atom. The smallest absolute Gasteiger partial charge is 0.328 e. The van der Waals surface area contributed by atoms with E-state index in [4.69, 9.17) is 14.6 Å². The summed E-state index contributed by atoms with van der Waals surface area (Å²) < 4.78 is 25.6. The standard InChI is InChI=1S/C38H38FN7O9/c1-38(2,3)34-27(40-20-41-34)18-29-36(55-21-54-32(49)9-5-8-26-19-46(45-44-26)30(37(52)53)14-15-31(47)48)43-28(35(51)42-29)17-22-6-4-7-24(16-22)33(50)23-10-12-25(39)13-11-23/h4,6-7,10-13,16-20,30H,5,8-9,14-15,21H2,1-3H3,(H,40,41)(H,42,51)(H,47,48)(H,52,53)/b28-17-,29-18-/t30-/m0/s1. The maximum absolute atomic E-state index is 13.4. The number of carboxylic acids is 2. The summed E-state index contributed by atoms with van der Waals surface area (Å²) in [5, 5.41) is 26.2. The van der Waals surface area contributed by atoms with Crippen LogP contribution >= 0.6 is 0 Å². The van der Waals surface area contributed by atoms with Crippen molar-refractivity contribution in [3.05, 3.63) is 122 Å². The highest BCUT2D eigenvalue weighted by Gasteiger charge is 2.23. The minimum atomic E-state index is -1.24. The summed E-state index contributed by atoms with van der Waals surface area (Å²) in [4.78, 5) is 76.1. The van der Waals surface area contributed by atoms with E-state index in [0.717, 1.165) is 10.4 Å². The summed E-state index contributed by atoms with van der Waals surface area (Å²) in [7, 11) is 0. The molecule has 55 heavy (non-hydrogen) atoms. The van der Waals surface area contributed by atoms with Gasteiger partial charge in [0.05, 0.1) is 17.7 Å². The third-order valence-corrected chi connectivity index (χ3v) is 8.21. The third kappa shape index (κ3) is 10.6. The van der Waals surface area contributed by atoms with Crippen molar-refractivity contribution in [1.82, 2.24) is 34.9 Å². The molecular formula is C38H38FN7O9. The number of carbonyl (C=O) groups is 4. The van der Waals surface area contributed by atoms with E-state index in [1.54, 1.807) is 30.3 Å². The fourth-order valence-electron chi connectivity index (χ4n) is 5.46. The second kappa shape index (κ2) is 17.4. The minimum Gasteiger partial charge on any atom is -0.481 e. The highest BCUT2D eigenvalue weighted by Crippen LogP contribution is 2.23. The van der Waals surface area contributed by atoms with E-state index in [2.05, 4.69) is 30.2 Å². The highest BCUT2D eigenvalue weighted by molar-refractivity contribution is 6.09. The van der Waals surface area contributed by atoms with Crippen LogP contribution in [0.4, 0.5) is 4.39 Å². The number of hydrogen-bond donors (Lipinski definition) is 4. The highest BCUT2D eigenvalue weighted by atomic mass is 19.1. The van der Waals surface area contributed by atoms with Crippen molar-refractivity contribution in [3.63, 3.8) is 0 Å². The van der Waals surface area contributed by atoms with Crippen molar-refractivity contribution in [3.8, 4) is 5.88 Å². The lowest BCUT2D eigenvalue weighted by molar-refractivity contribution is -0.150. The number of halogens is 1. The molecule has 0 spiro atoms. The Bertz CT molecular complexity index is 2380. The summed E-state index contributed by atoms with van der Waals surface area (Å²) in [6.07, 6.45) is 5.91. The molecule has 4 N–H and O–H groups in total. The van der Waals surface area contributed by atoms with E-state index in [1.807, 2.05) is 20.8 Å². The van der Waals surface area contributed by atoms with Gasteiger partial charge >= 0.3 is 17.9 Å². The molecule has 0 amide bonds. The molecule has 0 unspecified atom stereocenters. The molecular weight excluding hydrogens is 717 g/mol. The second-order valence-electron chi connectivity index (χ2n) is 13.4. The molecule has 0 fully saturated rings. The quantitative estimate of drug-likeness (QED) is 0.0646. The van der Waals surface area contributed by atoms with E-state index in [0.29, 0.717) is 28.1 Å². The van der Waals surface area contributed by atoms with Gasteiger partial charge in [-0.15, -0.1) is 5.10 Å². The number of hydrogen-bond acceptors (Lipinski definition) is 11. The van der Waals surface area contributed by atoms with Crippen LogP contribution in [0.3, 0.4) is 0 Å². The molecule has 0 saturated carbocycles. The number of imidazole rings is 1. The number of carbonyl (C=O) groups excluding carboxylic acids is 2. The van der Waals surface area contributed by atoms with Crippen LogP contribution in [0.5, 0.6) is 5.88 Å². The zero-order chi connectivity index (χ0) is 39.7. The van der Waals surface area contributed by atoms with Crippen LogP contribution in [0.1, 0.15) is 91.1 Å². The van der Waals surface area contributed by atoms with Gasteiger partial charge in [0.25, 0.3) is 5.56 Å². The molecule has 286 valence electrons. The van der Waals surface area contributed by atoms with Gasteiger partial charge in [-0.2, -0.15) is 0 Å². The molecule has 0 aliphatic rings. The number of nitrogens with one attached hydrogen (secondary N) is 2. The Hall–Kier alpha value is -6.78. The van der Waals surface area contributed by atoms with Crippen molar-refractivity contribution in [2.24, 2.45) is 0 Å². The number of ketones is 1. The Morgan fingerprint density at radius 3 is 2.49 bits per heavy atom. The SMILES string of the molecule is CC(C)(C)c1[nH]cnc1/C=c1\[nH]c(=O)/c(=C/c2cccc(C(=O)c3ccc(F)cc3)c2)nc1OCOC(=O)CCCc1cn([C@@H](CCC(=O)O)C(=O)O)nn1. The summed E-state index contributed by atoms with van der Waals surface area (Å²) in [5.74, 6) is -3.88. The van der Waals surface area contributed by atoms with Crippen LogP contribution in [0.2, 0.25) is 0 Å². The molecule has 5 rings (SSSR count). The van der Waals surface area contributed by atoms with Crippen LogP contribution < -0.4 is 21.0 Å². The molecule has 0 aliphatic carbocycles. The number of H-pyrrole nitrogens is 2. The van der Waals surface area contributed by atoms with E-state index < -0.39 is 42.1 Å². The first-order chi connectivity index (χ1) is 26.2. The summed E-state index contributed by atoms with van der Waals surface area (Å²) in [5.41, 5.74) is 1.87. The van der Waals surface area contributed by atoms with Gasteiger partial charge in [-0.25, -0.2) is 23.8 Å². The Kier molecular flexibility index (Phi) is 12.4. The van der Waals surface area contributed by atoms with E-state index >= 15 is 0 Å². The van der Waals surface area contributed by atoms with Crippen molar-refractivity contribution in [2.45, 2.75) is 64.3 Å². The average Bonchev–Trinajstić information content (AvgIpc) is 3.80. The lowest BCUT2D eigenvalue weighted by Crippen LogP contribution is -2.38. The predicted molar refractivity (Wildman–Crippen MR) is 193 cm³/mol. The molecule has 5 aromatic rings. The number of aromatic amines is 2. The molecule has 1 atom stereocenters. The third-order valence-electron chi connectivity index (χ3n) is 8.21. The van der Waals surface area contributed by atoms with E-state index in [1.165, 1.54) is 42.9 Å². The zero-order valence-electron chi connectivity index (χ0n) is 30.1. The molecule has 16 nitrogen and oxygen atoms in total. The number of nitrogens with zero attached hydrogens (tertiary/aromatic N) is 5. The van der Waals surface area contributed by atoms with E-state index in [9.17, 15) is 33.5 Å². The van der Waals surface area contributed by atoms with Gasteiger partial charge in [0.15, 0.2) is 11.8 Å². The number of aliphatic carboxylic acids is 2. The van der Waals surface area contributed by atoms with Gasteiger partial charge in [0.2, 0.25) is 12.7 Å². The first kappa shape index (κ1) is 39.4. The van der Waals surface area contributed by atoms with Crippen LogP contribution in [-0.2, 0) is 31.0 Å². The fraction of sp³-hybridized carbons (Fsp3) is 0.289. The van der Waals surface area contributed by atoms with Crippen molar-refractivity contribution < 1.29 is 43.3 Å². The monoisotopic (exact) mass is 755 g/mol. The normalized spacial score (nSPS) is 12.7. The van der Waals surface area contributed by atoms with Gasteiger partial charge < -0.3 is 29.7 Å². The summed E-state index contributed by atoms with van der Waals surface area (Å²) in [6.45, 7) is 5.40. The van der Waals surface area contributed by atoms with Crippen molar-refractivity contribution >= 4 is 35.8 Å². The van der Waals surface area contributed by atoms with Gasteiger partial charge in [-0.3, -0.25) is 19.2 Å². The number of aromatic nitrogens is 7. The number of rotatable bonds is 16. The van der Waals surface area contributed by atoms with Gasteiger partial charge in [-0.05, 0) is 67.3 Å². The largest absolute Gasteiger partial charge is 0.481 e. The predicted octanol–water partition coefficient (Wildman–Crippen LogP) is 2.80. The lowest BCUT2D eigenvalue weighted by Gasteiger charge is -2.17. The van der Waals surface area contributed by atoms with Gasteiger partial charge in [0.1, 0.15) is 16.5 Å². The topological polar surface area (TPSA) is 232 Å². The number of benzene rings is 2. The maximum atomic E-state index is 13.4. The van der Waals surface area contributed by atoms with Crippen molar-refractivity contribution in [1.29, 1.82) is 0 Å². The molecule has 3 heterocycles. The number of carboxylic acid groups (broad SMARTS) is 2. The van der Waals surface area contributed by atoms with Gasteiger partial charge in [0, 0.05) is 41.3 Å². The van der Waals surface area contributed by atoms with Gasteiger partial charge in [-0.1, -0.05) is 44.2 Å². The Morgan fingerprint density at radius 2 is 1.78 bits per heavy atom. The Balaban J connectivity index is 1.32. The molecule has 0 bridgehead atoms. The molecule has 17 heteroatoms. The number of ether oxygens (including phenoxy) is 2. The summed E-state index contributed by atoms with van der Waals surface area (Å²) >= 11 is 0. The number of esters is 1. The minimum absolute atomic E-state index is 0.0517. The number of aryl methyl sites for hydroxylation is 1. The first-order valence-electron chi connectivity index (χ1n) is 17.1. The lowest BCUT2D eigenvalue weighted by atomic mass is 9.90. The van der Waals surface area contributed by atoms with Crippen LogP contribution in [0, 0.1) is 5.82 Å². The molecule has 0 radical (unpaired) electrons. The maximum Gasteiger partial charge on any atom is 0.328 e.